The summed E-state index contributed by atoms with van der Waals surface area (Å²) in [6, 6.07) is 0.897. The van der Waals surface area contributed by atoms with Crippen molar-refractivity contribution in [1.82, 2.24) is 15.0 Å². The van der Waals surface area contributed by atoms with Gasteiger partial charge >= 0.3 is 6.01 Å². The maximum absolute atomic E-state index is 5.22. The van der Waals surface area contributed by atoms with E-state index in [-0.39, 0.29) is 0 Å². The Morgan fingerprint density at radius 3 is 2.40 bits per heavy atom. The van der Waals surface area contributed by atoms with Crippen LogP contribution in [0.25, 0.3) is 0 Å². The zero-order valence-corrected chi connectivity index (χ0v) is 12.3. The first-order valence-electron chi connectivity index (χ1n) is 7.58. The minimum absolute atomic E-state index is 0.398. The molecule has 6 nitrogen and oxygen atoms in total. The molecule has 0 unspecified atom stereocenters. The van der Waals surface area contributed by atoms with Crippen LogP contribution in [0.15, 0.2) is 0 Å². The third-order valence-corrected chi connectivity index (χ3v) is 4.10. The van der Waals surface area contributed by atoms with E-state index in [4.69, 9.17) is 4.74 Å². The molecule has 0 bridgehead atoms. The lowest BCUT2D eigenvalue weighted by Gasteiger charge is -2.20. The van der Waals surface area contributed by atoms with Crippen LogP contribution in [0.5, 0.6) is 6.01 Å². The smallest absolute Gasteiger partial charge is 0.322 e. The summed E-state index contributed by atoms with van der Waals surface area (Å²) in [5, 5.41) is 3.37. The van der Waals surface area contributed by atoms with E-state index in [9.17, 15) is 0 Å². The average molecular weight is 277 g/mol. The third kappa shape index (κ3) is 3.11. The van der Waals surface area contributed by atoms with Crippen LogP contribution in [0.1, 0.15) is 39.0 Å². The Morgan fingerprint density at radius 1 is 1.10 bits per heavy atom. The summed E-state index contributed by atoms with van der Waals surface area (Å²) in [5.41, 5.74) is 0. The second kappa shape index (κ2) is 5.81. The van der Waals surface area contributed by atoms with E-state index in [1.165, 1.54) is 32.1 Å². The van der Waals surface area contributed by atoms with Crippen molar-refractivity contribution in [1.29, 1.82) is 0 Å². The number of ether oxygens (including phenoxy) is 1. The minimum atomic E-state index is 0.398. The van der Waals surface area contributed by atoms with Gasteiger partial charge in [0, 0.05) is 19.1 Å². The minimum Gasteiger partial charge on any atom is -0.467 e. The molecule has 1 N–H and O–H groups in total. The monoisotopic (exact) mass is 277 g/mol. The van der Waals surface area contributed by atoms with Gasteiger partial charge in [-0.15, -0.1) is 0 Å². The van der Waals surface area contributed by atoms with Crippen LogP contribution in [0.2, 0.25) is 0 Å². The lowest BCUT2D eigenvalue weighted by Crippen LogP contribution is -2.27. The highest BCUT2D eigenvalue weighted by Crippen LogP contribution is 2.32. The SMILES string of the molecule is COc1nc(N[C@H]2C[C@@H]2C)nc(N2CCCCCC2)n1. The van der Waals surface area contributed by atoms with Crippen molar-refractivity contribution in [3.63, 3.8) is 0 Å². The summed E-state index contributed by atoms with van der Waals surface area (Å²) >= 11 is 0. The predicted molar refractivity (Wildman–Crippen MR) is 78.3 cm³/mol. The first-order chi connectivity index (χ1) is 9.76. The number of methoxy groups -OCH3 is 1. The molecule has 1 aromatic rings. The molecule has 20 heavy (non-hydrogen) atoms. The lowest BCUT2D eigenvalue weighted by atomic mass is 10.2. The topological polar surface area (TPSA) is 63.2 Å². The average Bonchev–Trinajstić information content (AvgIpc) is 3.20. The van der Waals surface area contributed by atoms with E-state index in [1.807, 2.05) is 0 Å². The number of nitrogens with zero attached hydrogens (tertiary/aromatic N) is 4. The van der Waals surface area contributed by atoms with Crippen molar-refractivity contribution in [3.8, 4) is 6.01 Å². The summed E-state index contributed by atoms with van der Waals surface area (Å²) in [6.07, 6.45) is 6.19. The molecule has 6 heteroatoms. The molecule has 0 amide bonds. The number of aromatic nitrogens is 3. The van der Waals surface area contributed by atoms with E-state index in [1.54, 1.807) is 7.11 Å². The van der Waals surface area contributed by atoms with E-state index in [0.717, 1.165) is 19.0 Å². The van der Waals surface area contributed by atoms with Crippen LogP contribution in [0.4, 0.5) is 11.9 Å². The molecule has 3 rings (SSSR count). The van der Waals surface area contributed by atoms with Crippen LogP contribution in [0, 0.1) is 5.92 Å². The summed E-state index contributed by atoms with van der Waals surface area (Å²) in [5.74, 6) is 2.10. The number of hydrogen-bond acceptors (Lipinski definition) is 6. The molecule has 2 fully saturated rings. The molecular formula is C14H23N5O. The molecule has 1 aliphatic carbocycles. The van der Waals surface area contributed by atoms with Gasteiger partial charge in [-0.05, 0) is 25.2 Å². The third-order valence-electron chi connectivity index (χ3n) is 4.10. The van der Waals surface area contributed by atoms with Gasteiger partial charge in [0.1, 0.15) is 0 Å². The summed E-state index contributed by atoms with van der Waals surface area (Å²) < 4.78 is 5.22. The standard InChI is InChI=1S/C14H23N5O/c1-10-9-11(10)15-12-16-13(18-14(17-12)20-2)19-7-5-3-4-6-8-19/h10-11H,3-9H2,1-2H3,(H,15,16,17,18)/t10-,11-/m0/s1. The quantitative estimate of drug-likeness (QED) is 0.909. The zero-order valence-electron chi connectivity index (χ0n) is 12.3. The molecule has 2 atom stereocenters. The van der Waals surface area contributed by atoms with Gasteiger partial charge in [0.05, 0.1) is 7.11 Å². The van der Waals surface area contributed by atoms with Crippen LogP contribution in [0.3, 0.4) is 0 Å². The van der Waals surface area contributed by atoms with Crippen molar-refractivity contribution >= 4 is 11.9 Å². The highest BCUT2D eigenvalue weighted by Gasteiger charge is 2.33. The van der Waals surface area contributed by atoms with Gasteiger partial charge in [0.25, 0.3) is 0 Å². The fourth-order valence-electron chi connectivity index (χ4n) is 2.60. The molecule has 2 heterocycles. The van der Waals surface area contributed by atoms with Crippen LogP contribution in [-0.2, 0) is 0 Å². The number of hydrogen-bond donors (Lipinski definition) is 1. The Kier molecular flexibility index (Phi) is 3.89. The van der Waals surface area contributed by atoms with Crippen molar-refractivity contribution in [2.45, 2.75) is 45.1 Å². The molecule has 1 aromatic heterocycles. The molecule has 1 aliphatic heterocycles. The molecule has 1 saturated carbocycles. The largest absolute Gasteiger partial charge is 0.467 e. The van der Waals surface area contributed by atoms with Crippen LogP contribution >= 0.6 is 0 Å². The van der Waals surface area contributed by atoms with E-state index in [2.05, 4.69) is 32.1 Å². The van der Waals surface area contributed by atoms with Crippen molar-refractivity contribution in [3.05, 3.63) is 0 Å². The lowest BCUT2D eigenvalue weighted by molar-refractivity contribution is 0.378. The van der Waals surface area contributed by atoms with Gasteiger partial charge in [0.15, 0.2) is 0 Å². The number of nitrogens with one attached hydrogen (secondary N) is 1. The van der Waals surface area contributed by atoms with Crippen molar-refractivity contribution in [2.24, 2.45) is 5.92 Å². The normalized spacial score (nSPS) is 26.0. The Hall–Kier alpha value is -1.59. The van der Waals surface area contributed by atoms with Gasteiger partial charge in [0.2, 0.25) is 11.9 Å². The second-order valence-electron chi connectivity index (χ2n) is 5.81. The van der Waals surface area contributed by atoms with E-state index < -0.39 is 0 Å². The first kappa shape index (κ1) is 13.4. The van der Waals surface area contributed by atoms with E-state index in [0.29, 0.717) is 23.9 Å². The van der Waals surface area contributed by atoms with Crippen molar-refractivity contribution < 1.29 is 4.74 Å². The Bertz CT molecular complexity index is 459. The van der Waals surface area contributed by atoms with Gasteiger partial charge < -0.3 is 15.0 Å². The van der Waals surface area contributed by atoms with Crippen LogP contribution in [-0.4, -0.2) is 41.2 Å². The van der Waals surface area contributed by atoms with E-state index >= 15 is 0 Å². The summed E-state index contributed by atoms with van der Waals surface area (Å²) in [7, 11) is 1.60. The maximum Gasteiger partial charge on any atom is 0.322 e. The summed E-state index contributed by atoms with van der Waals surface area (Å²) in [4.78, 5) is 15.5. The predicted octanol–water partition coefficient (Wildman–Crippen LogP) is 2.08. The fraction of sp³-hybridized carbons (Fsp3) is 0.786. The highest BCUT2D eigenvalue weighted by molar-refractivity contribution is 5.40. The Morgan fingerprint density at radius 2 is 1.80 bits per heavy atom. The van der Waals surface area contributed by atoms with Crippen molar-refractivity contribution in [2.75, 3.05) is 30.4 Å². The first-order valence-corrected chi connectivity index (χ1v) is 7.58. The number of anilines is 2. The molecule has 0 aromatic carbocycles. The highest BCUT2D eigenvalue weighted by atomic mass is 16.5. The van der Waals surface area contributed by atoms with Gasteiger partial charge in [-0.1, -0.05) is 19.8 Å². The molecule has 0 spiro atoms. The second-order valence-corrected chi connectivity index (χ2v) is 5.81. The van der Waals surface area contributed by atoms with Crippen LogP contribution < -0.4 is 15.0 Å². The molecule has 1 saturated heterocycles. The van der Waals surface area contributed by atoms with Gasteiger partial charge in [-0.3, -0.25) is 0 Å². The maximum atomic E-state index is 5.22. The number of rotatable bonds is 4. The molecular weight excluding hydrogens is 254 g/mol. The molecule has 110 valence electrons. The van der Waals surface area contributed by atoms with Gasteiger partial charge in [-0.2, -0.15) is 15.0 Å². The molecule has 0 radical (unpaired) electrons. The Labute approximate surface area is 120 Å². The fourth-order valence-corrected chi connectivity index (χ4v) is 2.60. The van der Waals surface area contributed by atoms with Gasteiger partial charge in [-0.25, -0.2) is 0 Å². The molecule has 2 aliphatic rings. The Balaban J connectivity index is 1.79. The summed E-state index contributed by atoms with van der Waals surface area (Å²) in [6.45, 7) is 4.27. The zero-order chi connectivity index (χ0) is 13.9.